The van der Waals surface area contributed by atoms with Crippen LogP contribution in [0.1, 0.15) is 38.1 Å². The van der Waals surface area contributed by atoms with Crippen LogP contribution in [0.25, 0.3) is 0 Å². The highest BCUT2D eigenvalue weighted by molar-refractivity contribution is 6.02. The molecular formula is C14H19NO5. The molecule has 110 valence electrons. The van der Waals surface area contributed by atoms with Crippen molar-refractivity contribution in [3.63, 3.8) is 0 Å². The summed E-state index contributed by atoms with van der Waals surface area (Å²) in [6.07, 6.45) is -1.60. The number of nitro benzene ring substituents is 1. The van der Waals surface area contributed by atoms with Crippen molar-refractivity contribution in [3.05, 3.63) is 39.9 Å². The molecule has 0 spiro atoms. The van der Waals surface area contributed by atoms with Crippen LogP contribution in [0.4, 0.5) is 5.69 Å². The molecule has 0 fully saturated rings. The van der Waals surface area contributed by atoms with Gasteiger partial charge in [-0.3, -0.25) is 14.9 Å². The van der Waals surface area contributed by atoms with E-state index in [9.17, 15) is 14.9 Å². The second kappa shape index (κ2) is 7.12. The minimum atomic E-state index is -1.14. The van der Waals surface area contributed by atoms with Crippen molar-refractivity contribution >= 4 is 11.5 Å². The predicted molar refractivity (Wildman–Crippen MR) is 73.7 cm³/mol. The first kappa shape index (κ1) is 16.3. The van der Waals surface area contributed by atoms with Crippen LogP contribution in [0, 0.1) is 10.1 Å². The number of rotatable bonds is 7. The molecule has 0 bridgehead atoms. The van der Waals surface area contributed by atoms with E-state index in [-0.39, 0.29) is 23.5 Å². The lowest BCUT2D eigenvalue weighted by Gasteiger charge is -2.21. The number of nitro groups is 1. The summed E-state index contributed by atoms with van der Waals surface area (Å²) < 4.78 is 10.8. The molecule has 0 aliphatic carbocycles. The quantitative estimate of drug-likeness (QED) is 0.332. The summed E-state index contributed by atoms with van der Waals surface area (Å²) in [5.74, 6) is -0.542. The van der Waals surface area contributed by atoms with E-state index < -0.39 is 17.0 Å². The highest BCUT2D eigenvalue weighted by atomic mass is 16.7. The number of hydrogen-bond acceptors (Lipinski definition) is 5. The van der Waals surface area contributed by atoms with Gasteiger partial charge in [0.25, 0.3) is 5.69 Å². The molecule has 0 amide bonds. The van der Waals surface area contributed by atoms with Crippen LogP contribution < -0.4 is 0 Å². The van der Waals surface area contributed by atoms with Crippen LogP contribution in [0.2, 0.25) is 0 Å². The monoisotopic (exact) mass is 281 g/mol. The predicted octanol–water partition coefficient (Wildman–Crippen LogP) is 2.95. The number of carbonyl (C=O) groups excluding carboxylic acids is 1. The maximum atomic E-state index is 12.4. The van der Waals surface area contributed by atoms with Gasteiger partial charge in [-0.15, -0.1) is 0 Å². The maximum absolute atomic E-state index is 12.4. The van der Waals surface area contributed by atoms with Gasteiger partial charge in [0.2, 0.25) is 12.1 Å². The smallest absolute Gasteiger partial charge is 0.280 e. The molecule has 6 heteroatoms. The van der Waals surface area contributed by atoms with Gasteiger partial charge in [-0.05, 0) is 33.8 Å². The van der Waals surface area contributed by atoms with E-state index >= 15 is 0 Å². The second-order valence-corrected chi connectivity index (χ2v) is 4.84. The van der Waals surface area contributed by atoms with Crippen molar-refractivity contribution in [2.24, 2.45) is 0 Å². The highest BCUT2D eigenvalue weighted by Crippen LogP contribution is 2.21. The Morgan fingerprint density at radius 3 is 2.05 bits per heavy atom. The average Bonchev–Trinajstić information content (AvgIpc) is 2.36. The Balaban J connectivity index is 3.08. The molecule has 6 nitrogen and oxygen atoms in total. The Hall–Kier alpha value is -1.79. The van der Waals surface area contributed by atoms with E-state index in [0.717, 1.165) is 0 Å². The van der Waals surface area contributed by atoms with Crippen molar-refractivity contribution in [1.29, 1.82) is 0 Å². The van der Waals surface area contributed by atoms with E-state index in [2.05, 4.69) is 0 Å². The minimum absolute atomic E-state index is 0.0104. The van der Waals surface area contributed by atoms with Gasteiger partial charge in [-0.25, -0.2) is 0 Å². The molecule has 0 saturated carbocycles. The zero-order valence-corrected chi connectivity index (χ0v) is 12.0. The van der Waals surface area contributed by atoms with Gasteiger partial charge < -0.3 is 9.47 Å². The minimum Gasteiger partial charge on any atom is -0.343 e. The molecule has 0 atom stereocenters. The Labute approximate surface area is 117 Å². The van der Waals surface area contributed by atoms with Crippen molar-refractivity contribution < 1.29 is 19.2 Å². The SMILES string of the molecule is CC(C)OC(OC(C)C)C(=O)c1ccccc1[N+](=O)[O-]. The fraction of sp³-hybridized carbons (Fsp3) is 0.500. The third-order valence-electron chi connectivity index (χ3n) is 2.37. The van der Waals surface area contributed by atoms with Gasteiger partial charge in [-0.2, -0.15) is 0 Å². The van der Waals surface area contributed by atoms with Crippen LogP contribution in [0.3, 0.4) is 0 Å². The fourth-order valence-electron chi connectivity index (χ4n) is 1.62. The largest absolute Gasteiger partial charge is 0.343 e. The van der Waals surface area contributed by atoms with Gasteiger partial charge in [0.1, 0.15) is 5.56 Å². The third-order valence-corrected chi connectivity index (χ3v) is 2.37. The number of carbonyl (C=O) groups is 1. The summed E-state index contributed by atoms with van der Waals surface area (Å²) >= 11 is 0. The molecule has 1 aromatic rings. The molecule has 0 aliphatic heterocycles. The molecule has 0 N–H and O–H groups in total. The van der Waals surface area contributed by atoms with E-state index in [4.69, 9.17) is 9.47 Å². The summed E-state index contributed by atoms with van der Waals surface area (Å²) in [4.78, 5) is 22.8. The van der Waals surface area contributed by atoms with Gasteiger partial charge in [0, 0.05) is 6.07 Å². The normalized spacial score (nSPS) is 11.3. The Bertz CT molecular complexity index is 474. The number of para-hydroxylation sites is 1. The number of ether oxygens (including phenoxy) is 2. The fourth-order valence-corrected chi connectivity index (χ4v) is 1.62. The lowest BCUT2D eigenvalue weighted by atomic mass is 10.1. The van der Waals surface area contributed by atoms with Crippen molar-refractivity contribution in [3.8, 4) is 0 Å². The summed E-state index contributed by atoms with van der Waals surface area (Å²) in [6, 6.07) is 5.77. The van der Waals surface area contributed by atoms with Crippen molar-refractivity contribution in [2.75, 3.05) is 0 Å². The molecule has 0 heterocycles. The number of nitrogens with zero attached hydrogens (tertiary/aromatic N) is 1. The topological polar surface area (TPSA) is 78.7 Å². The van der Waals surface area contributed by atoms with E-state index in [1.54, 1.807) is 33.8 Å². The molecule has 0 aliphatic rings. The number of benzene rings is 1. The van der Waals surface area contributed by atoms with Gasteiger partial charge in [-0.1, -0.05) is 12.1 Å². The number of hydrogen-bond donors (Lipinski definition) is 0. The molecular weight excluding hydrogens is 262 g/mol. The standard InChI is InChI=1S/C14H19NO5/c1-9(2)19-14(20-10(3)4)13(16)11-7-5-6-8-12(11)15(17)18/h5-10,14H,1-4H3. The summed E-state index contributed by atoms with van der Waals surface area (Å²) in [6.45, 7) is 7.07. The first-order valence-electron chi connectivity index (χ1n) is 6.41. The molecule has 1 rings (SSSR count). The Morgan fingerprint density at radius 2 is 1.60 bits per heavy atom. The maximum Gasteiger partial charge on any atom is 0.280 e. The molecule has 0 unspecified atom stereocenters. The third kappa shape index (κ3) is 4.40. The molecule has 20 heavy (non-hydrogen) atoms. The zero-order valence-electron chi connectivity index (χ0n) is 12.0. The summed E-state index contributed by atoms with van der Waals surface area (Å²) in [5.41, 5.74) is -0.258. The summed E-state index contributed by atoms with van der Waals surface area (Å²) in [7, 11) is 0. The van der Waals surface area contributed by atoms with Crippen molar-refractivity contribution in [1.82, 2.24) is 0 Å². The molecule has 1 aromatic carbocycles. The highest BCUT2D eigenvalue weighted by Gasteiger charge is 2.29. The second-order valence-electron chi connectivity index (χ2n) is 4.84. The van der Waals surface area contributed by atoms with Crippen LogP contribution in [-0.2, 0) is 9.47 Å². The zero-order chi connectivity index (χ0) is 15.3. The first-order chi connectivity index (χ1) is 9.32. The molecule has 0 aromatic heterocycles. The van der Waals surface area contributed by atoms with Crippen LogP contribution in [0.5, 0.6) is 0 Å². The van der Waals surface area contributed by atoms with E-state index in [1.165, 1.54) is 18.2 Å². The molecule has 0 saturated heterocycles. The van der Waals surface area contributed by atoms with Crippen molar-refractivity contribution in [2.45, 2.75) is 46.2 Å². The summed E-state index contributed by atoms with van der Waals surface area (Å²) in [5, 5.41) is 11.0. The van der Waals surface area contributed by atoms with Gasteiger partial charge in [0.05, 0.1) is 17.1 Å². The lowest BCUT2D eigenvalue weighted by Crippen LogP contribution is -2.33. The number of ketones is 1. The van der Waals surface area contributed by atoms with Gasteiger partial charge in [0.15, 0.2) is 0 Å². The number of Topliss-reactive ketones (excluding diaryl/α,β-unsaturated/α-hetero) is 1. The average molecular weight is 281 g/mol. The Morgan fingerprint density at radius 1 is 1.10 bits per heavy atom. The molecule has 0 radical (unpaired) electrons. The van der Waals surface area contributed by atoms with E-state index in [1.807, 2.05) is 0 Å². The Kier molecular flexibility index (Phi) is 5.79. The van der Waals surface area contributed by atoms with E-state index in [0.29, 0.717) is 0 Å². The van der Waals surface area contributed by atoms with Crippen LogP contribution >= 0.6 is 0 Å². The van der Waals surface area contributed by atoms with Crippen LogP contribution in [-0.4, -0.2) is 29.2 Å². The first-order valence-corrected chi connectivity index (χ1v) is 6.41. The lowest BCUT2D eigenvalue weighted by molar-refractivity contribution is -0.385. The van der Waals surface area contributed by atoms with Crippen LogP contribution in [0.15, 0.2) is 24.3 Å². The van der Waals surface area contributed by atoms with Gasteiger partial charge >= 0.3 is 0 Å².